The molecule has 1 amide bonds. The standard InChI is InChI=1S/C17H21FN4O2/c18-14-3-1-4-15(7-14)22-10-13(9-20-22)8-19-17(24)12-21-6-2-5-16(23)11-21/h1,3-4,7,9-10,16,23H,2,5-6,8,11-12H2,(H,19,24)/t16-/m1/s1. The van der Waals surface area contributed by atoms with Crippen LogP contribution in [0.4, 0.5) is 4.39 Å². The summed E-state index contributed by atoms with van der Waals surface area (Å²) in [6, 6.07) is 6.17. The van der Waals surface area contributed by atoms with Gasteiger partial charge in [0.15, 0.2) is 0 Å². The second kappa shape index (κ2) is 7.55. The SMILES string of the molecule is O=C(CN1CCC[C@@H](O)C1)NCc1cnn(-c2cccc(F)c2)c1. The highest BCUT2D eigenvalue weighted by Gasteiger charge is 2.19. The molecule has 24 heavy (non-hydrogen) atoms. The van der Waals surface area contributed by atoms with Crippen molar-refractivity contribution in [2.45, 2.75) is 25.5 Å². The van der Waals surface area contributed by atoms with Crippen molar-refractivity contribution in [3.8, 4) is 5.69 Å². The lowest BCUT2D eigenvalue weighted by molar-refractivity contribution is -0.123. The van der Waals surface area contributed by atoms with Gasteiger partial charge < -0.3 is 10.4 Å². The van der Waals surface area contributed by atoms with E-state index in [9.17, 15) is 14.3 Å². The topological polar surface area (TPSA) is 70.4 Å². The average molecular weight is 332 g/mol. The Morgan fingerprint density at radius 2 is 2.33 bits per heavy atom. The van der Waals surface area contributed by atoms with Gasteiger partial charge in [-0.2, -0.15) is 5.10 Å². The fraction of sp³-hybridized carbons (Fsp3) is 0.412. The number of aliphatic hydroxyl groups excluding tert-OH is 1. The maximum absolute atomic E-state index is 13.2. The van der Waals surface area contributed by atoms with E-state index in [-0.39, 0.29) is 24.4 Å². The number of aliphatic hydroxyl groups is 1. The maximum atomic E-state index is 13.2. The quantitative estimate of drug-likeness (QED) is 0.860. The van der Waals surface area contributed by atoms with E-state index in [1.165, 1.54) is 12.1 Å². The van der Waals surface area contributed by atoms with Crippen LogP contribution >= 0.6 is 0 Å². The summed E-state index contributed by atoms with van der Waals surface area (Å²) in [5.41, 5.74) is 1.47. The summed E-state index contributed by atoms with van der Waals surface area (Å²) in [7, 11) is 0. The van der Waals surface area contributed by atoms with Gasteiger partial charge in [0.25, 0.3) is 0 Å². The van der Waals surface area contributed by atoms with Gasteiger partial charge >= 0.3 is 0 Å². The van der Waals surface area contributed by atoms with Crippen molar-refractivity contribution in [3.63, 3.8) is 0 Å². The van der Waals surface area contributed by atoms with Crippen LogP contribution < -0.4 is 5.32 Å². The number of hydrogen-bond donors (Lipinski definition) is 2. The van der Waals surface area contributed by atoms with Gasteiger partial charge in [-0.3, -0.25) is 9.69 Å². The molecule has 2 N–H and O–H groups in total. The Morgan fingerprint density at radius 3 is 3.12 bits per heavy atom. The minimum atomic E-state index is -0.337. The Hall–Kier alpha value is -2.25. The van der Waals surface area contributed by atoms with Crippen molar-refractivity contribution < 1.29 is 14.3 Å². The van der Waals surface area contributed by atoms with Gasteiger partial charge in [0.2, 0.25) is 5.91 Å². The molecule has 1 aromatic carbocycles. The number of carbonyl (C=O) groups excluding carboxylic acids is 1. The van der Waals surface area contributed by atoms with Crippen LogP contribution in [0, 0.1) is 5.82 Å². The van der Waals surface area contributed by atoms with E-state index in [0.717, 1.165) is 24.9 Å². The summed E-state index contributed by atoms with van der Waals surface area (Å²) in [6.45, 7) is 2.03. The third-order valence-corrected chi connectivity index (χ3v) is 4.05. The summed E-state index contributed by atoms with van der Waals surface area (Å²) >= 11 is 0. The number of carbonyl (C=O) groups is 1. The molecule has 1 aromatic heterocycles. The molecule has 3 rings (SSSR count). The van der Waals surface area contributed by atoms with Crippen LogP contribution in [-0.2, 0) is 11.3 Å². The van der Waals surface area contributed by atoms with E-state index >= 15 is 0 Å². The highest BCUT2D eigenvalue weighted by atomic mass is 19.1. The molecule has 0 unspecified atom stereocenters. The number of benzene rings is 1. The predicted octanol–water partition coefficient (Wildman–Crippen LogP) is 1.08. The first-order chi connectivity index (χ1) is 11.6. The number of β-amino-alcohol motifs (C(OH)–C–C–N with tert-alkyl or cyclic N) is 1. The summed E-state index contributed by atoms with van der Waals surface area (Å²) in [5.74, 6) is -0.399. The normalized spacial score (nSPS) is 18.5. The fourth-order valence-corrected chi connectivity index (χ4v) is 2.85. The smallest absolute Gasteiger partial charge is 0.234 e. The lowest BCUT2D eigenvalue weighted by atomic mass is 10.1. The summed E-state index contributed by atoms with van der Waals surface area (Å²) in [4.78, 5) is 14.0. The maximum Gasteiger partial charge on any atom is 0.234 e. The Labute approximate surface area is 139 Å². The van der Waals surface area contributed by atoms with Gasteiger partial charge in [-0.25, -0.2) is 9.07 Å². The van der Waals surface area contributed by atoms with E-state index in [4.69, 9.17) is 0 Å². The molecular formula is C17H21FN4O2. The minimum Gasteiger partial charge on any atom is -0.392 e. The Morgan fingerprint density at radius 1 is 1.46 bits per heavy atom. The van der Waals surface area contributed by atoms with Crippen LogP contribution in [-0.4, -0.2) is 51.4 Å². The number of hydrogen-bond acceptors (Lipinski definition) is 4. The predicted molar refractivity (Wildman–Crippen MR) is 87.0 cm³/mol. The van der Waals surface area contributed by atoms with Gasteiger partial charge in [0, 0.05) is 24.8 Å². The molecule has 0 saturated carbocycles. The molecular weight excluding hydrogens is 311 g/mol. The fourth-order valence-electron chi connectivity index (χ4n) is 2.85. The third kappa shape index (κ3) is 4.39. The molecule has 1 aliphatic heterocycles. The lowest BCUT2D eigenvalue weighted by Crippen LogP contribution is -2.44. The Kier molecular flexibility index (Phi) is 5.22. The van der Waals surface area contributed by atoms with Crippen molar-refractivity contribution in [3.05, 3.63) is 48.0 Å². The molecule has 1 fully saturated rings. The molecule has 7 heteroatoms. The van der Waals surface area contributed by atoms with E-state index in [1.54, 1.807) is 29.2 Å². The Balaban J connectivity index is 1.51. The molecule has 0 aliphatic carbocycles. The molecule has 0 radical (unpaired) electrons. The second-order valence-corrected chi connectivity index (χ2v) is 6.08. The molecule has 2 heterocycles. The number of aromatic nitrogens is 2. The highest BCUT2D eigenvalue weighted by Crippen LogP contribution is 2.11. The number of rotatable bonds is 5. The van der Waals surface area contributed by atoms with Crippen molar-refractivity contribution in [2.24, 2.45) is 0 Å². The van der Waals surface area contributed by atoms with Crippen LogP contribution in [0.1, 0.15) is 18.4 Å². The lowest BCUT2D eigenvalue weighted by Gasteiger charge is -2.29. The molecule has 128 valence electrons. The number of likely N-dealkylation sites (tertiary alicyclic amines) is 1. The van der Waals surface area contributed by atoms with Crippen LogP contribution in [0.15, 0.2) is 36.7 Å². The number of nitrogens with one attached hydrogen (secondary N) is 1. The number of piperidine rings is 1. The zero-order valence-corrected chi connectivity index (χ0v) is 13.4. The first-order valence-electron chi connectivity index (χ1n) is 8.07. The summed E-state index contributed by atoms with van der Waals surface area (Å²) in [5, 5.41) is 16.7. The van der Waals surface area contributed by atoms with E-state index in [2.05, 4.69) is 10.4 Å². The van der Waals surface area contributed by atoms with E-state index in [0.29, 0.717) is 18.8 Å². The van der Waals surface area contributed by atoms with E-state index in [1.807, 2.05) is 4.90 Å². The largest absolute Gasteiger partial charge is 0.392 e. The van der Waals surface area contributed by atoms with Crippen molar-refractivity contribution in [1.29, 1.82) is 0 Å². The summed E-state index contributed by atoms with van der Waals surface area (Å²) in [6.07, 6.45) is 4.79. The second-order valence-electron chi connectivity index (χ2n) is 6.08. The van der Waals surface area contributed by atoms with Crippen molar-refractivity contribution >= 4 is 5.91 Å². The van der Waals surface area contributed by atoms with Crippen LogP contribution in [0.3, 0.4) is 0 Å². The van der Waals surface area contributed by atoms with Crippen molar-refractivity contribution in [1.82, 2.24) is 20.0 Å². The Bertz CT molecular complexity index is 703. The zero-order chi connectivity index (χ0) is 16.9. The average Bonchev–Trinajstić information content (AvgIpc) is 3.02. The highest BCUT2D eigenvalue weighted by molar-refractivity contribution is 5.78. The van der Waals surface area contributed by atoms with Crippen LogP contribution in [0.2, 0.25) is 0 Å². The number of halogens is 1. The first kappa shape index (κ1) is 16.6. The van der Waals surface area contributed by atoms with Gasteiger partial charge in [-0.05, 0) is 37.6 Å². The number of amides is 1. The van der Waals surface area contributed by atoms with Gasteiger partial charge in [0.05, 0.1) is 24.5 Å². The van der Waals surface area contributed by atoms with Crippen molar-refractivity contribution in [2.75, 3.05) is 19.6 Å². The molecule has 1 atom stereocenters. The van der Waals surface area contributed by atoms with Gasteiger partial charge in [-0.1, -0.05) is 6.07 Å². The molecule has 6 nitrogen and oxygen atoms in total. The van der Waals surface area contributed by atoms with Crippen LogP contribution in [0.25, 0.3) is 5.69 Å². The molecule has 0 bridgehead atoms. The third-order valence-electron chi connectivity index (χ3n) is 4.05. The van der Waals surface area contributed by atoms with Crippen LogP contribution in [0.5, 0.6) is 0 Å². The molecule has 1 aliphatic rings. The zero-order valence-electron chi connectivity index (χ0n) is 13.4. The number of nitrogens with zero attached hydrogens (tertiary/aromatic N) is 3. The van der Waals surface area contributed by atoms with Gasteiger partial charge in [0.1, 0.15) is 5.82 Å². The first-order valence-corrected chi connectivity index (χ1v) is 8.07. The molecule has 1 saturated heterocycles. The minimum absolute atomic E-state index is 0.0809. The molecule has 0 spiro atoms. The summed E-state index contributed by atoms with van der Waals surface area (Å²) < 4.78 is 14.8. The van der Waals surface area contributed by atoms with Gasteiger partial charge in [-0.15, -0.1) is 0 Å². The monoisotopic (exact) mass is 332 g/mol. The molecule has 2 aromatic rings. The van der Waals surface area contributed by atoms with E-state index < -0.39 is 0 Å².